The van der Waals surface area contributed by atoms with E-state index in [0.29, 0.717) is 5.76 Å². The number of aryl methyl sites for hydroxylation is 1. The molecule has 3 aromatic rings. The van der Waals surface area contributed by atoms with Gasteiger partial charge in [-0.25, -0.2) is 4.98 Å². The first-order valence-electron chi connectivity index (χ1n) is 7.93. The number of anilines is 2. The van der Waals surface area contributed by atoms with Gasteiger partial charge in [0.15, 0.2) is 5.82 Å². The van der Waals surface area contributed by atoms with Crippen molar-refractivity contribution in [3.8, 4) is 0 Å². The van der Waals surface area contributed by atoms with Crippen LogP contribution in [0.25, 0.3) is 0 Å². The monoisotopic (exact) mass is 390 g/mol. The van der Waals surface area contributed by atoms with Gasteiger partial charge in [-0.1, -0.05) is 23.4 Å². The van der Waals surface area contributed by atoms with Crippen LogP contribution in [0.5, 0.6) is 0 Å². The molecule has 0 fully saturated rings. The van der Waals surface area contributed by atoms with Crippen molar-refractivity contribution in [3.63, 3.8) is 0 Å². The maximum absolute atomic E-state index is 13.0. The van der Waals surface area contributed by atoms with Gasteiger partial charge in [0.2, 0.25) is 0 Å². The van der Waals surface area contributed by atoms with Crippen molar-refractivity contribution in [2.75, 3.05) is 10.6 Å². The van der Waals surface area contributed by atoms with E-state index >= 15 is 0 Å². The molecule has 0 aliphatic carbocycles. The van der Waals surface area contributed by atoms with Gasteiger partial charge in [0, 0.05) is 6.07 Å². The van der Waals surface area contributed by atoms with Crippen LogP contribution in [0, 0.1) is 6.92 Å². The average Bonchev–Trinajstić information content (AvgIpc) is 3.06. The molecule has 2 N–H and O–H groups in total. The van der Waals surface area contributed by atoms with Gasteiger partial charge in [0.1, 0.15) is 17.1 Å². The van der Waals surface area contributed by atoms with Crippen LogP contribution in [0.15, 0.2) is 53.1 Å². The minimum absolute atomic E-state index is 0.114. The molecule has 3 rings (SSSR count). The molecule has 28 heavy (non-hydrogen) atoms. The quantitative estimate of drug-likeness (QED) is 0.704. The fourth-order valence-corrected chi connectivity index (χ4v) is 2.32. The number of para-hydroxylation sites is 1. The number of alkyl halides is 3. The number of hydrogen-bond donors (Lipinski definition) is 2. The molecule has 144 valence electrons. The van der Waals surface area contributed by atoms with Crippen molar-refractivity contribution >= 4 is 23.3 Å². The van der Waals surface area contributed by atoms with Crippen LogP contribution in [0.1, 0.15) is 32.3 Å². The van der Waals surface area contributed by atoms with Crippen LogP contribution in [0.2, 0.25) is 0 Å². The van der Waals surface area contributed by atoms with Gasteiger partial charge in [-0.3, -0.25) is 9.59 Å². The van der Waals surface area contributed by atoms with Gasteiger partial charge in [0.25, 0.3) is 11.8 Å². The molecule has 0 unspecified atom stereocenters. The molecule has 0 bridgehead atoms. The van der Waals surface area contributed by atoms with E-state index in [2.05, 4.69) is 20.8 Å². The standard InChI is InChI=1S/C18H13F3N4O3/c1-10-9-15(25-28-10)24-17(27)14-8-4-7-13(22-14)16(26)23-12-6-3-2-5-11(12)18(19,20)21/h2-9H,1H3,(H,23,26)(H,24,25,27). The SMILES string of the molecule is Cc1cc(NC(=O)c2cccc(C(=O)Nc3ccccc3C(F)(F)F)n2)no1. The number of carbonyl (C=O) groups is 2. The highest BCUT2D eigenvalue weighted by atomic mass is 19.4. The van der Waals surface area contributed by atoms with Crippen LogP contribution in [-0.2, 0) is 6.18 Å². The predicted molar refractivity (Wildman–Crippen MR) is 92.8 cm³/mol. The minimum atomic E-state index is -4.63. The number of carbonyl (C=O) groups excluding carboxylic acids is 2. The Labute approximate surface area is 156 Å². The van der Waals surface area contributed by atoms with Crippen molar-refractivity contribution in [1.29, 1.82) is 0 Å². The first-order valence-corrected chi connectivity index (χ1v) is 7.93. The summed E-state index contributed by atoms with van der Waals surface area (Å²) in [6.07, 6.45) is -4.63. The molecule has 7 nitrogen and oxygen atoms in total. The summed E-state index contributed by atoms with van der Waals surface area (Å²) in [6, 6.07) is 10.1. The van der Waals surface area contributed by atoms with Gasteiger partial charge in [-0.15, -0.1) is 0 Å². The molecule has 0 saturated carbocycles. The highest BCUT2D eigenvalue weighted by Crippen LogP contribution is 2.34. The first-order chi connectivity index (χ1) is 13.2. The Hall–Kier alpha value is -3.69. The lowest BCUT2D eigenvalue weighted by Gasteiger charge is -2.13. The molecule has 10 heteroatoms. The number of pyridine rings is 1. The summed E-state index contributed by atoms with van der Waals surface area (Å²) < 4.78 is 44.0. The van der Waals surface area contributed by atoms with Crippen molar-refractivity contribution in [2.24, 2.45) is 0 Å². The lowest BCUT2D eigenvalue weighted by Crippen LogP contribution is -2.20. The molecule has 1 aromatic carbocycles. The Morgan fingerprint density at radius 2 is 1.61 bits per heavy atom. The Morgan fingerprint density at radius 1 is 0.964 bits per heavy atom. The molecular weight excluding hydrogens is 377 g/mol. The summed E-state index contributed by atoms with van der Waals surface area (Å²) in [4.78, 5) is 28.4. The van der Waals surface area contributed by atoms with E-state index < -0.39 is 29.2 Å². The number of amides is 2. The van der Waals surface area contributed by atoms with Gasteiger partial charge in [-0.05, 0) is 31.2 Å². The van der Waals surface area contributed by atoms with Gasteiger partial charge in [-0.2, -0.15) is 13.2 Å². The van der Waals surface area contributed by atoms with Crippen LogP contribution in [0.3, 0.4) is 0 Å². The number of nitrogens with one attached hydrogen (secondary N) is 2. The third-order valence-corrected chi connectivity index (χ3v) is 3.56. The van der Waals surface area contributed by atoms with Gasteiger partial charge < -0.3 is 15.2 Å². The second-order valence-electron chi connectivity index (χ2n) is 5.68. The molecule has 2 heterocycles. The normalized spacial score (nSPS) is 11.1. The van der Waals surface area contributed by atoms with E-state index in [1.54, 1.807) is 6.92 Å². The smallest absolute Gasteiger partial charge is 0.360 e. The fraction of sp³-hybridized carbons (Fsp3) is 0.111. The molecule has 0 spiro atoms. The predicted octanol–water partition coefficient (Wildman–Crippen LogP) is 3.90. The number of benzene rings is 1. The molecule has 0 aliphatic heterocycles. The van der Waals surface area contributed by atoms with Crippen LogP contribution >= 0.6 is 0 Å². The van der Waals surface area contributed by atoms with Crippen molar-refractivity contribution in [3.05, 3.63) is 71.2 Å². The average molecular weight is 390 g/mol. The summed E-state index contributed by atoms with van der Waals surface area (Å²) in [6.45, 7) is 1.64. The molecular formula is C18H13F3N4O3. The largest absolute Gasteiger partial charge is 0.418 e. The zero-order chi connectivity index (χ0) is 20.3. The van der Waals surface area contributed by atoms with Crippen molar-refractivity contribution in [1.82, 2.24) is 10.1 Å². The second kappa shape index (κ2) is 7.51. The molecule has 0 radical (unpaired) electrons. The molecule has 0 aliphatic rings. The number of halogens is 3. The Morgan fingerprint density at radius 3 is 2.21 bits per heavy atom. The Bertz CT molecular complexity index is 1030. The van der Waals surface area contributed by atoms with E-state index in [1.165, 1.54) is 36.4 Å². The summed E-state index contributed by atoms with van der Waals surface area (Å²) >= 11 is 0. The summed E-state index contributed by atoms with van der Waals surface area (Å²) in [5.74, 6) is -0.889. The molecule has 2 aromatic heterocycles. The number of nitrogens with zero attached hydrogens (tertiary/aromatic N) is 2. The fourth-order valence-electron chi connectivity index (χ4n) is 2.32. The maximum Gasteiger partial charge on any atom is 0.418 e. The highest BCUT2D eigenvalue weighted by molar-refractivity contribution is 6.06. The number of rotatable bonds is 4. The summed E-state index contributed by atoms with van der Waals surface area (Å²) in [5.41, 5.74) is -1.73. The molecule has 2 amide bonds. The van der Waals surface area contributed by atoms with Gasteiger partial charge >= 0.3 is 6.18 Å². The zero-order valence-corrected chi connectivity index (χ0v) is 14.4. The van der Waals surface area contributed by atoms with Crippen LogP contribution < -0.4 is 10.6 Å². The zero-order valence-electron chi connectivity index (χ0n) is 14.4. The van der Waals surface area contributed by atoms with Gasteiger partial charge in [0.05, 0.1) is 11.3 Å². The first kappa shape index (κ1) is 19.1. The van der Waals surface area contributed by atoms with E-state index in [4.69, 9.17) is 4.52 Å². The Kier molecular flexibility index (Phi) is 5.12. The molecule has 0 saturated heterocycles. The van der Waals surface area contributed by atoms with E-state index in [-0.39, 0.29) is 17.2 Å². The number of hydrogen-bond acceptors (Lipinski definition) is 5. The Balaban J connectivity index is 1.79. The lowest BCUT2D eigenvalue weighted by atomic mass is 10.1. The van der Waals surface area contributed by atoms with E-state index in [0.717, 1.165) is 12.1 Å². The lowest BCUT2D eigenvalue weighted by molar-refractivity contribution is -0.136. The van der Waals surface area contributed by atoms with Crippen molar-refractivity contribution < 1.29 is 27.3 Å². The van der Waals surface area contributed by atoms with Crippen LogP contribution in [-0.4, -0.2) is 22.0 Å². The van der Waals surface area contributed by atoms with Crippen molar-refractivity contribution in [2.45, 2.75) is 13.1 Å². The highest BCUT2D eigenvalue weighted by Gasteiger charge is 2.33. The maximum atomic E-state index is 13.0. The second-order valence-corrected chi connectivity index (χ2v) is 5.68. The van der Waals surface area contributed by atoms with E-state index in [1.807, 2.05) is 0 Å². The van der Waals surface area contributed by atoms with Crippen LogP contribution in [0.4, 0.5) is 24.7 Å². The third-order valence-electron chi connectivity index (χ3n) is 3.56. The number of aromatic nitrogens is 2. The minimum Gasteiger partial charge on any atom is -0.360 e. The molecule has 0 atom stereocenters. The third kappa shape index (κ3) is 4.34. The summed E-state index contributed by atoms with van der Waals surface area (Å²) in [7, 11) is 0. The topological polar surface area (TPSA) is 97.1 Å². The van der Waals surface area contributed by atoms with E-state index in [9.17, 15) is 22.8 Å². The summed E-state index contributed by atoms with van der Waals surface area (Å²) in [5, 5.41) is 8.22.